The van der Waals surface area contributed by atoms with Crippen LogP contribution >= 0.6 is 0 Å². The van der Waals surface area contributed by atoms with Crippen molar-refractivity contribution in [2.75, 3.05) is 11.4 Å². The van der Waals surface area contributed by atoms with Crippen molar-refractivity contribution in [2.24, 2.45) is 0 Å². The molecule has 3 heterocycles. The van der Waals surface area contributed by atoms with Gasteiger partial charge in [-0.15, -0.1) is 0 Å². The Morgan fingerprint density at radius 1 is 1.09 bits per heavy atom. The van der Waals surface area contributed by atoms with E-state index in [9.17, 15) is 18.4 Å². The number of imide groups is 1. The fraction of sp³-hybridized carbons (Fsp3) is 0.346. The van der Waals surface area contributed by atoms with Crippen LogP contribution in [0.2, 0.25) is 0 Å². The highest BCUT2D eigenvalue weighted by molar-refractivity contribution is 6.16. The van der Waals surface area contributed by atoms with Gasteiger partial charge in [-0.25, -0.2) is 13.6 Å². The lowest BCUT2D eigenvalue weighted by Crippen LogP contribution is -2.59. The van der Waals surface area contributed by atoms with Gasteiger partial charge in [-0.2, -0.15) is 0 Å². The molecule has 0 bridgehead atoms. The summed E-state index contributed by atoms with van der Waals surface area (Å²) in [6.45, 7) is 4.53. The zero-order chi connectivity index (χ0) is 24.7. The molecular formula is C26H26F2N4O3. The molecule has 0 radical (unpaired) electrons. The monoisotopic (exact) mass is 480 g/mol. The molecule has 2 aliphatic rings. The van der Waals surface area contributed by atoms with E-state index in [0.717, 1.165) is 0 Å². The lowest BCUT2D eigenvalue weighted by Gasteiger charge is -2.45. The second-order valence-electron chi connectivity index (χ2n) is 9.31. The van der Waals surface area contributed by atoms with Crippen LogP contribution in [0.3, 0.4) is 0 Å². The highest BCUT2D eigenvalue weighted by Gasteiger charge is 2.59. The lowest BCUT2D eigenvalue weighted by molar-refractivity contribution is -0.133. The molecule has 2 fully saturated rings. The summed E-state index contributed by atoms with van der Waals surface area (Å²) >= 11 is 0. The molecule has 2 aliphatic heterocycles. The molecule has 0 unspecified atom stereocenters. The van der Waals surface area contributed by atoms with E-state index in [1.807, 2.05) is 6.92 Å². The second-order valence-corrected chi connectivity index (χ2v) is 9.31. The summed E-state index contributed by atoms with van der Waals surface area (Å²) < 4.78 is 33.5. The summed E-state index contributed by atoms with van der Waals surface area (Å²) in [4.78, 5) is 32.2. The minimum atomic E-state index is -1.17. The molecule has 0 N–H and O–H groups in total. The Hall–Kier alpha value is -3.59. The van der Waals surface area contributed by atoms with Crippen molar-refractivity contribution in [3.8, 4) is 0 Å². The van der Waals surface area contributed by atoms with Crippen molar-refractivity contribution < 1.29 is 22.9 Å². The molecule has 9 heteroatoms. The first-order valence-corrected chi connectivity index (χ1v) is 11.6. The van der Waals surface area contributed by atoms with E-state index in [4.69, 9.17) is 4.52 Å². The molecule has 35 heavy (non-hydrogen) atoms. The summed E-state index contributed by atoms with van der Waals surface area (Å²) in [7, 11) is 0. The van der Waals surface area contributed by atoms with Crippen LogP contribution in [-0.2, 0) is 17.9 Å². The number of aryl methyl sites for hydroxylation is 1. The average molecular weight is 481 g/mol. The number of piperidine rings is 1. The van der Waals surface area contributed by atoms with E-state index in [2.05, 4.69) is 10.1 Å². The van der Waals surface area contributed by atoms with Gasteiger partial charge in [-0.05, 0) is 51.0 Å². The van der Waals surface area contributed by atoms with Crippen molar-refractivity contribution in [1.82, 2.24) is 15.0 Å². The predicted octanol–water partition coefficient (Wildman–Crippen LogP) is 4.65. The SMILES string of the molecule is Cc1cc(CN2C(=O)N(c3cccc(F)c3)[C@@]3(CCN(Cc4ccccc4F)[C@@H](C)C3)C2=O)no1. The highest BCUT2D eigenvalue weighted by atomic mass is 19.1. The van der Waals surface area contributed by atoms with Crippen LogP contribution in [0.4, 0.5) is 19.3 Å². The minimum absolute atomic E-state index is 0.0319. The number of likely N-dealkylation sites (tertiary alicyclic amines) is 1. The maximum atomic E-state index is 14.3. The quantitative estimate of drug-likeness (QED) is 0.497. The normalized spacial score (nSPS) is 23.0. The third-order valence-electron chi connectivity index (χ3n) is 6.96. The van der Waals surface area contributed by atoms with Crippen molar-refractivity contribution in [2.45, 2.75) is 51.4 Å². The molecule has 182 valence electrons. The van der Waals surface area contributed by atoms with Gasteiger partial charge in [-0.1, -0.05) is 29.4 Å². The topological polar surface area (TPSA) is 69.9 Å². The minimum Gasteiger partial charge on any atom is -0.361 e. The zero-order valence-corrected chi connectivity index (χ0v) is 19.6. The molecule has 2 atom stereocenters. The van der Waals surface area contributed by atoms with Gasteiger partial charge in [0.2, 0.25) is 0 Å². The van der Waals surface area contributed by atoms with Crippen LogP contribution in [0.1, 0.15) is 36.8 Å². The Bertz CT molecular complexity index is 1280. The largest absolute Gasteiger partial charge is 0.361 e. The van der Waals surface area contributed by atoms with Gasteiger partial charge < -0.3 is 4.52 Å². The van der Waals surface area contributed by atoms with E-state index < -0.39 is 17.4 Å². The van der Waals surface area contributed by atoms with E-state index in [1.165, 1.54) is 34.1 Å². The number of carbonyl (C=O) groups excluding carboxylic acids is 2. The maximum Gasteiger partial charge on any atom is 0.332 e. The van der Waals surface area contributed by atoms with Crippen LogP contribution in [0.5, 0.6) is 0 Å². The van der Waals surface area contributed by atoms with E-state index in [0.29, 0.717) is 48.6 Å². The van der Waals surface area contributed by atoms with Crippen molar-refractivity contribution >= 4 is 17.6 Å². The van der Waals surface area contributed by atoms with Gasteiger partial charge in [0.15, 0.2) is 0 Å². The van der Waals surface area contributed by atoms with Gasteiger partial charge in [-0.3, -0.25) is 19.5 Å². The maximum absolute atomic E-state index is 14.3. The van der Waals surface area contributed by atoms with Crippen LogP contribution in [0.25, 0.3) is 0 Å². The van der Waals surface area contributed by atoms with Gasteiger partial charge in [0, 0.05) is 36.4 Å². The van der Waals surface area contributed by atoms with Gasteiger partial charge in [0.05, 0.1) is 6.54 Å². The number of hydrogen-bond donors (Lipinski definition) is 0. The molecule has 7 nitrogen and oxygen atoms in total. The lowest BCUT2D eigenvalue weighted by atomic mass is 9.81. The second kappa shape index (κ2) is 8.88. The average Bonchev–Trinajstić information content (AvgIpc) is 3.32. The smallest absolute Gasteiger partial charge is 0.332 e. The number of halogens is 2. The van der Waals surface area contributed by atoms with Crippen molar-refractivity contribution in [1.29, 1.82) is 0 Å². The fourth-order valence-electron chi connectivity index (χ4n) is 5.25. The predicted molar refractivity (Wildman–Crippen MR) is 124 cm³/mol. The third kappa shape index (κ3) is 4.10. The Kier molecular flexibility index (Phi) is 5.88. The van der Waals surface area contributed by atoms with Gasteiger partial charge >= 0.3 is 6.03 Å². The molecule has 2 saturated heterocycles. The molecule has 5 rings (SSSR count). The van der Waals surface area contributed by atoms with Crippen molar-refractivity contribution in [3.63, 3.8) is 0 Å². The number of rotatable bonds is 5. The standard InChI is InChI=1S/C26H26F2N4O3/c1-17-14-26(10-11-30(17)15-19-6-3-4-9-23(19)28)24(33)31(16-21-12-18(2)35-29-21)25(34)32(26)22-8-5-7-20(27)13-22/h3-9,12-13,17H,10-11,14-16H2,1-2H3/t17-,26+/m0/s1. The van der Waals surface area contributed by atoms with Gasteiger partial charge in [0.25, 0.3) is 5.91 Å². The summed E-state index contributed by atoms with van der Waals surface area (Å²) in [5.41, 5.74) is 0.200. The van der Waals surface area contributed by atoms with Crippen LogP contribution < -0.4 is 4.90 Å². The first-order chi connectivity index (χ1) is 16.8. The number of benzene rings is 2. The molecule has 1 spiro atoms. The summed E-state index contributed by atoms with van der Waals surface area (Å²) in [5, 5.41) is 3.93. The molecule has 0 aliphatic carbocycles. The van der Waals surface area contributed by atoms with Gasteiger partial charge in [0.1, 0.15) is 28.6 Å². The van der Waals surface area contributed by atoms with E-state index in [1.54, 1.807) is 37.3 Å². The highest BCUT2D eigenvalue weighted by Crippen LogP contribution is 2.43. The Morgan fingerprint density at radius 3 is 2.57 bits per heavy atom. The van der Waals surface area contributed by atoms with Crippen LogP contribution in [-0.4, -0.2) is 45.0 Å². The van der Waals surface area contributed by atoms with Crippen LogP contribution in [0.15, 0.2) is 59.1 Å². The summed E-state index contributed by atoms with van der Waals surface area (Å²) in [5.74, 6) is -0.535. The summed E-state index contributed by atoms with van der Waals surface area (Å²) in [6.07, 6.45) is 0.665. The number of aromatic nitrogens is 1. The molecule has 3 aromatic rings. The van der Waals surface area contributed by atoms with E-state index in [-0.39, 0.29) is 24.3 Å². The fourth-order valence-corrected chi connectivity index (χ4v) is 5.25. The molecule has 0 saturated carbocycles. The zero-order valence-electron chi connectivity index (χ0n) is 19.6. The molecular weight excluding hydrogens is 454 g/mol. The number of amides is 3. The number of urea groups is 1. The van der Waals surface area contributed by atoms with E-state index >= 15 is 0 Å². The number of carbonyl (C=O) groups is 2. The Morgan fingerprint density at radius 2 is 1.89 bits per heavy atom. The van der Waals surface area contributed by atoms with Crippen molar-refractivity contribution in [3.05, 3.63) is 83.2 Å². The Labute approximate surface area is 201 Å². The molecule has 3 amide bonds. The Balaban J connectivity index is 1.47. The number of hydrogen-bond acceptors (Lipinski definition) is 5. The number of nitrogens with zero attached hydrogens (tertiary/aromatic N) is 4. The number of anilines is 1. The third-order valence-corrected chi connectivity index (χ3v) is 6.96. The summed E-state index contributed by atoms with van der Waals surface area (Å²) in [6, 6.07) is 13.4. The van der Waals surface area contributed by atoms with Crippen LogP contribution in [0, 0.1) is 18.6 Å². The molecule has 2 aromatic carbocycles. The first kappa shape index (κ1) is 23.2. The first-order valence-electron chi connectivity index (χ1n) is 11.6. The molecule has 1 aromatic heterocycles.